The minimum atomic E-state index is -0.203. The predicted octanol–water partition coefficient (Wildman–Crippen LogP) is 5.54. The third kappa shape index (κ3) is 6.87. The zero-order valence-electron chi connectivity index (χ0n) is 23.3. The van der Waals surface area contributed by atoms with Crippen molar-refractivity contribution in [2.75, 3.05) is 49.2 Å². The Hall–Kier alpha value is -3.65. The average Bonchev–Trinajstić information content (AvgIpc) is 3.25. The van der Waals surface area contributed by atoms with Crippen LogP contribution in [0.5, 0.6) is 5.88 Å². The SMILES string of the molecule is CN1CCC(CCCOc2cc(CNc3ncccc3C(=O)Nc3ccc4c(c3)NCC4(C)C)ccn2)CC1. The molecule has 2 aliphatic rings. The Bertz CT molecular complexity index is 1290. The number of amides is 1. The lowest BCUT2D eigenvalue weighted by molar-refractivity contribution is 0.102. The zero-order chi connectivity index (χ0) is 27.2. The van der Waals surface area contributed by atoms with Crippen LogP contribution in [-0.4, -0.2) is 54.1 Å². The van der Waals surface area contributed by atoms with E-state index in [1.54, 1.807) is 24.5 Å². The summed E-state index contributed by atoms with van der Waals surface area (Å²) in [5.74, 6) is 1.77. The van der Waals surface area contributed by atoms with Crippen LogP contribution in [0.2, 0.25) is 0 Å². The third-order valence-electron chi connectivity index (χ3n) is 7.88. The fraction of sp³-hybridized carbons (Fsp3) is 0.452. The molecule has 4 heterocycles. The minimum absolute atomic E-state index is 0.0860. The summed E-state index contributed by atoms with van der Waals surface area (Å²) in [4.78, 5) is 24.4. The number of pyridine rings is 2. The maximum Gasteiger partial charge on any atom is 0.259 e. The van der Waals surface area contributed by atoms with Crippen molar-refractivity contribution < 1.29 is 9.53 Å². The van der Waals surface area contributed by atoms with Crippen molar-refractivity contribution in [2.24, 2.45) is 5.92 Å². The largest absolute Gasteiger partial charge is 0.478 e. The van der Waals surface area contributed by atoms with Gasteiger partial charge in [0.25, 0.3) is 5.91 Å². The quantitative estimate of drug-likeness (QED) is 0.297. The van der Waals surface area contributed by atoms with E-state index in [4.69, 9.17) is 4.74 Å². The first-order chi connectivity index (χ1) is 18.9. The van der Waals surface area contributed by atoms with E-state index in [9.17, 15) is 4.79 Å². The lowest BCUT2D eigenvalue weighted by Crippen LogP contribution is -2.30. The van der Waals surface area contributed by atoms with Gasteiger partial charge in [0.1, 0.15) is 5.82 Å². The molecule has 0 bridgehead atoms. The van der Waals surface area contributed by atoms with E-state index < -0.39 is 0 Å². The van der Waals surface area contributed by atoms with Crippen LogP contribution in [0.15, 0.2) is 54.9 Å². The molecule has 1 fully saturated rings. The second kappa shape index (κ2) is 12.0. The van der Waals surface area contributed by atoms with E-state index in [0.29, 0.717) is 30.4 Å². The van der Waals surface area contributed by atoms with Crippen molar-refractivity contribution in [3.63, 3.8) is 0 Å². The van der Waals surface area contributed by atoms with Gasteiger partial charge >= 0.3 is 0 Å². The van der Waals surface area contributed by atoms with Gasteiger partial charge in [-0.05, 0) is 93.2 Å². The first-order valence-corrected chi connectivity index (χ1v) is 14.0. The molecule has 3 aromatic rings. The molecule has 1 aromatic carbocycles. The molecule has 1 saturated heterocycles. The summed E-state index contributed by atoms with van der Waals surface area (Å²) in [6.45, 7) is 8.90. The molecule has 0 saturated carbocycles. The van der Waals surface area contributed by atoms with Gasteiger partial charge in [-0.1, -0.05) is 19.9 Å². The van der Waals surface area contributed by atoms with Crippen molar-refractivity contribution >= 4 is 23.1 Å². The molecule has 0 aliphatic carbocycles. The highest BCUT2D eigenvalue weighted by Gasteiger charge is 2.29. The minimum Gasteiger partial charge on any atom is -0.478 e. The van der Waals surface area contributed by atoms with Gasteiger partial charge in [0.15, 0.2) is 0 Å². The number of likely N-dealkylation sites (tertiary alicyclic amines) is 1. The lowest BCUT2D eigenvalue weighted by Gasteiger charge is -2.28. The molecule has 8 nitrogen and oxygen atoms in total. The van der Waals surface area contributed by atoms with Gasteiger partial charge in [-0.3, -0.25) is 4.79 Å². The number of nitrogens with zero attached hydrogens (tertiary/aromatic N) is 3. The highest BCUT2D eigenvalue weighted by molar-refractivity contribution is 6.07. The fourth-order valence-corrected chi connectivity index (χ4v) is 5.42. The molecule has 2 aromatic heterocycles. The number of anilines is 3. The fourth-order valence-electron chi connectivity index (χ4n) is 5.42. The van der Waals surface area contributed by atoms with Crippen LogP contribution in [0.1, 0.15) is 61.0 Å². The molecule has 0 atom stereocenters. The van der Waals surface area contributed by atoms with E-state index in [-0.39, 0.29) is 11.3 Å². The third-order valence-corrected chi connectivity index (χ3v) is 7.88. The summed E-state index contributed by atoms with van der Waals surface area (Å²) in [7, 11) is 2.20. The Balaban J connectivity index is 1.14. The van der Waals surface area contributed by atoms with E-state index in [2.05, 4.69) is 57.8 Å². The van der Waals surface area contributed by atoms with Gasteiger partial charge in [-0.25, -0.2) is 9.97 Å². The number of rotatable bonds is 10. The second-order valence-corrected chi connectivity index (χ2v) is 11.4. The molecule has 0 radical (unpaired) electrons. The maximum atomic E-state index is 13.2. The van der Waals surface area contributed by atoms with E-state index in [0.717, 1.165) is 35.8 Å². The van der Waals surface area contributed by atoms with E-state index in [1.807, 2.05) is 24.3 Å². The summed E-state index contributed by atoms with van der Waals surface area (Å²) in [5, 5.41) is 9.78. The Morgan fingerprint density at radius 2 is 1.97 bits per heavy atom. The van der Waals surface area contributed by atoms with Crippen LogP contribution in [0.25, 0.3) is 0 Å². The lowest BCUT2D eigenvalue weighted by atomic mass is 9.87. The molecule has 0 spiro atoms. The summed E-state index contributed by atoms with van der Waals surface area (Å²) >= 11 is 0. The van der Waals surface area contributed by atoms with Crippen molar-refractivity contribution in [1.82, 2.24) is 14.9 Å². The van der Waals surface area contributed by atoms with Crippen molar-refractivity contribution in [2.45, 2.75) is 51.5 Å². The molecule has 8 heteroatoms. The number of benzene rings is 1. The molecule has 1 amide bonds. The Morgan fingerprint density at radius 3 is 2.82 bits per heavy atom. The highest BCUT2D eigenvalue weighted by atomic mass is 16.5. The Kier molecular flexibility index (Phi) is 8.31. The average molecular weight is 529 g/mol. The number of nitrogens with one attached hydrogen (secondary N) is 3. The van der Waals surface area contributed by atoms with E-state index >= 15 is 0 Å². The van der Waals surface area contributed by atoms with Gasteiger partial charge in [0.05, 0.1) is 12.2 Å². The van der Waals surface area contributed by atoms with Gasteiger partial charge in [0, 0.05) is 48.3 Å². The van der Waals surface area contributed by atoms with Gasteiger partial charge in [-0.2, -0.15) is 0 Å². The number of carbonyl (C=O) groups is 1. The van der Waals surface area contributed by atoms with Crippen molar-refractivity contribution in [1.29, 1.82) is 0 Å². The normalized spacial score (nSPS) is 16.8. The number of piperidine rings is 1. The molecular weight excluding hydrogens is 488 g/mol. The van der Waals surface area contributed by atoms with Gasteiger partial charge in [0.2, 0.25) is 5.88 Å². The summed E-state index contributed by atoms with van der Waals surface area (Å²) in [5.41, 5.74) is 4.68. The number of fused-ring (bicyclic) bond motifs is 1. The number of hydrogen-bond acceptors (Lipinski definition) is 7. The maximum absolute atomic E-state index is 13.2. The smallest absolute Gasteiger partial charge is 0.259 e. The van der Waals surface area contributed by atoms with E-state index in [1.165, 1.54) is 37.9 Å². The number of aromatic nitrogens is 2. The number of ether oxygens (including phenoxy) is 1. The predicted molar refractivity (Wildman–Crippen MR) is 157 cm³/mol. The summed E-state index contributed by atoms with van der Waals surface area (Å²) in [6.07, 6.45) is 8.27. The van der Waals surface area contributed by atoms with Crippen LogP contribution in [0, 0.1) is 5.92 Å². The van der Waals surface area contributed by atoms with Crippen molar-refractivity contribution in [3.05, 3.63) is 71.5 Å². The number of carbonyl (C=O) groups excluding carboxylic acids is 1. The van der Waals surface area contributed by atoms with Crippen LogP contribution >= 0.6 is 0 Å². The Morgan fingerprint density at radius 1 is 1.13 bits per heavy atom. The van der Waals surface area contributed by atoms with Crippen LogP contribution in [-0.2, 0) is 12.0 Å². The van der Waals surface area contributed by atoms with Crippen molar-refractivity contribution in [3.8, 4) is 5.88 Å². The zero-order valence-corrected chi connectivity index (χ0v) is 23.3. The first-order valence-electron chi connectivity index (χ1n) is 14.0. The molecular formula is C31H40N6O2. The van der Waals surface area contributed by atoms with Gasteiger partial charge in [-0.15, -0.1) is 0 Å². The summed E-state index contributed by atoms with van der Waals surface area (Å²) in [6, 6.07) is 13.5. The second-order valence-electron chi connectivity index (χ2n) is 11.4. The molecule has 3 N–H and O–H groups in total. The van der Waals surface area contributed by atoms with Crippen LogP contribution < -0.4 is 20.7 Å². The highest BCUT2D eigenvalue weighted by Crippen LogP contribution is 2.37. The summed E-state index contributed by atoms with van der Waals surface area (Å²) < 4.78 is 5.95. The molecule has 0 unspecified atom stereocenters. The Labute approximate surface area is 231 Å². The monoisotopic (exact) mass is 528 g/mol. The van der Waals surface area contributed by atoms with Crippen LogP contribution in [0.4, 0.5) is 17.2 Å². The number of hydrogen-bond donors (Lipinski definition) is 3. The standard InChI is InChI=1S/C31H40N6O2/c1-31(2)21-35-27-19-24(8-9-26(27)31)36-30(38)25-7-4-13-33-29(25)34-20-23-10-14-32-28(18-23)39-17-5-6-22-11-15-37(3)16-12-22/h4,7-10,13-14,18-19,22,35H,5-6,11-12,15-17,20-21H2,1-3H3,(H,33,34)(H,36,38). The molecule has 2 aliphatic heterocycles. The topological polar surface area (TPSA) is 91.4 Å². The molecule has 206 valence electrons. The molecule has 39 heavy (non-hydrogen) atoms. The molecule has 5 rings (SSSR count). The first kappa shape index (κ1) is 26.9. The van der Waals surface area contributed by atoms with Crippen LogP contribution in [0.3, 0.4) is 0 Å². The van der Waals surface area contributed by atoms with Gasteiger partial charge < -0.3 is 25.6 Å².